The lowest BCUT2D eigenvalue weighted by Gasteiger charge is -2.30. The van der Waals surface area contributed by atoms with Gasteiger partial charge >= 0.3 is 0 Å². The zero-order chi connectivity index (χ0) is 20.4. The second-order valence-electron chi connectivity index (χ2n) is 7.58. The van der Waals surface area contributed by atoms with Crippen molar-refractivity contribution >= 4 is 17.8 Å². The third kappa shape index (κ3) is 3.94. The molecule has 1 N–H and O–H groups in total. The molecule has 9 heteroatoms. The molecule has 0 bridgehead atoms. The Morgan fingerprint density at radius 3 is 2.62 bits per heavy atom. The maximum Gasteiger partial charge on any atom is 0.273 e. The number of likely N-dealkylation sites (tertiary alicyclic amines) is 1. The molecule has 0 aliphatic carbocycles. The number of amides is 2. The van der Waals surface area contributed by atoms with Crippen molar-refractivity contribution in [2.75, 3.05) is 32.0 Å². The molecular formula is C20H27N7O2. The maximum atomic E-state index is 13.1. The van der Waals surface area contributed by atoms with Gasteiger partial charge in [-0.25, -0.2) is 9.97 Å². The number of carbonyl (C=O) groups excluding carboxylic acids is 2. The van der Waals surface area contributed by atoms with Crippen molar-refractivity contribution in [3.63, 3.8) is 0 Å². The summed E-state index contributed by atoms with van der Waals surface area (Å²) in [6.07, 6.45) is 5.48. The topological polar surface area (TPSA) is 96.2 Å². The number of hydrogen-bond acceptors (Lipinski definition) is 6. The third-order valence-corrected chi connectivity index (χ3v) is 5.75. The van der Waals surface area contributed by atoms with Crippen LogP contribution in [0.2, 0.25) is 0 Å². The molecule has 1 fully saturated rings. The molecular weight excluding hydrogens is 370 g/mol. The average molecular weight is 397 g/mol. The van der Waals surface area contributed by atoms with E-state index in [2.05, 4.69) is 20.4 Å². The second kappa shape index (κ2) is 8.18. The molecule has 0 radical (unpaired) electrons. The van der Waals surface area contributed by atoms with Crippen LogP contribution in [0.25, 0.3) is 0 Å². The van der Waals surface area contributed by atoms with Gasteiger partial charge in [0.15, 0.2) is 0 Å². The molecule has 0 saturated carbocycles. The summed E-state index contributed by atoms with van der Waals surface area (Å²) < 4.78 is 1.79. The Bertz CT molecular complexity index is 918. The molecule has 4 rings (SSSR count). The van der Waals surface area contributed by atoms with E-state index in [4.69, 9.17) is 0 Å². The number of hydrogen-bond donors (Lipinski definition) is 1. The normalized spacial score (nSPS) is 16.1. The number of aryl methyl sites for hydroxylation is 2. The molecule has 0 spiro atoms. The lowest BCUT2D eigenvalue weighted by Crippen LogP contribution is -2.39. The first-order valence-electron chi connectivity index (χ1n) is 10.2. The highest BCUT2D eigenvalue weighted by Gasteiger charge is 2.30. The van der Waals surface area contributed by atoms with E-state index in [9.17, 15) is 9.59 Å². The fourth-order valence-electron chi connectivity index (χ4n) is 4.03. The average Bonchev–Trinajstić information content (AvgIpc) is 3.42. The van der Waals surface area contributed by atoms with E-state index in [1.165, 1.54) is 0 Å². The van der Waals surface area contributed by atoms with Crippen molar-refractivity contribution in [2.45, 2.75) is 38.6 Å². The van der Waals surface area contributed by atoms with E-state index in [1.54, 1.807) is 17.9 Å². The predicted molar refractivity (Wildman–Crippen MR) is 107 cm³/mol. The van der Waals surface area contributed by atoms with Crippen molar-refractivity contribution in [1.29, 1.82) is 0 Å². The molecule has 29 heavy (non-hydrogen) atoms. The molecule has 2 aliphatic rings. The molecule has 4 heterocycles. The summed E-state index contributed by atoms with van der Waals surface area (Å²) in [4.78, 5) is 38.6. The standard InChI is InChI=1S/C20H27N7O2/c1-21-20-23-16-8-12-27(17(28)6-5-14-7-9-22-25(14)2)13-15(16)18(24-20)19(29)26-10-3-4-11-26/h7,9H,3-6,8,10-13H2,1-2H3,(H,21,23,24). The molecule has 2 amide bonds. The van der Waals surface area contributed by atoms with Gasteiger partial charge in [0.25, 0.3) is 5.91 Å². The molecule has 0 atom stereocenters. The molecule has 2 aromatic heterocycles. The third-order valence-electron chi connectivity index (χ3n) is 5.75. The van der Waals surface area contributed by atoms with Gasteiger partial charge in [-0.2, -0.15) is 5.10 Å². The van der Waals surface area contributed by atoms with Crippen LogP contribution in [0, 0.1) is 0 Å². The lowest BCUT2D eigenvalue weighted by molar-refractivity contribution is -0.132. The maximum absolute atomic E-state index is 13.1. The van der Waals surface area contributed by atoms with Crippen LogP contribution in [-0.2, 0) is 31.2 Å². The number of carbonyl (C=O) groups is 2. The van der Waals surface area contributed by atoms with Gasteiger partial charge in [0.1, 0.15) is 5.69 Å². The Morgan fingerprint density at radius 1 is 1.14 bits per heavy atom. The van der Waals surface area contributed by atoms with E-state index < -0.39 is 0 Å². The number of aromatic nitrogens is 4. The van der Waals surface area contributed by atoms with E-state index in [-0.39, 0.29) is 11.8 Å². The Balaban J connectivity index is 1.53. The molecule has 0 unspecified atom stereocenters. The zero-order valence-corrected chi connectivity index (χ0v) is 17.0. The van der Waals surface area contributed by atoms with Crippen LogP contribution in [0.5, 0.6) is 0 Å². The number of nitrogens with one attached hydrogen (secondary N) is 1. The number of nitrogens with zero attached hydrogens (tertiary/aromatic N) is 6. The number of rotatable bonds is 5. The summed E-state index contributed by atoms with van der Waals surface area (Å²) in [7, 11) is 3.63. The van der Waals surface area contributed by atoms with Gasteiger partial charge in [0.2, 0.25) is 11.9 Å². The molecule has 9 nitrogen and oxygen atoms in total. The van der Waals surface area contributed by atoms with E-state index in [0.717, 1.165) is 42.9 Å². The highest BCUT2D eigenvalue weighted by Crippen LogP contribution is 2.25. The van der Waals surface area contributed by atoms with E-state index in [1.807, 2.05) is 22.9 Å². The highest BCUT2D eigenvalue weighted by molar-refractivity contribution is 5.94. The minimum atomic E-state index is -0.0539. The smallest absolute Gasteiger partial charge is 0.273 e. The van der Waals surface area contributed by atoms with E-state index >= 15 is 0 Å². The van der Waals surface area contributed by atoms with Crippen LogP contribution >= 0.6 is 0 Å². The summed E-state index contributed by atoms with van der Waals surface area (Å²) in [5.41, 5.74) is 3.12. The van der Waals surface area contributed by atoms with Crippen molar-refractivity contribution in [2.24, 2.45) is 7.05 Å². The molecule has 2 aromatic rings. The Labute approximate surface area is 170 Å². The van der Waals surface area contributed by atoms with Crippen molar-refractivity contribution in [1.82, 2.24) is 29.5 Å². The molecule has 154 valence electrons. The van der Waals surface area contributed by atoms with Crippen LogP contribution in [-0.4, -0.2) is 68.0 Å². The Kier molecular flexibility index (Phi) is 5.46. The quantitative estimate of drug-likeness (QED) is 0.809. The van der Waals surface area contributed by atoms with Crippen molar-refractivity contribution in [3.05, 3.63) is 34.9 Å². The van der Waals surface area contributed by atoms with Gasteiger partial charge in [-0.3, -0.25) is 14.3 Å². The van der Waals surface area contributed by atoms with E-state index in [0.29, 0.717) is 44.0 Å². The van der Waals surface area contributed by atoms with Gasteiger partial charge in [-0.1, -0.05) is 0 Å². The molecule has 2 aliphatic heterocycles. The van der Waals surface area contributed by atoms with Gasteiger partial charge in [-0.15, -0.1) is 0 Å². The Hall–Kier alpha value is -2.97. The van der Waals surface area contributed by atoms with Gasteiger partial charge in [-0.05, 0) is 25.3 Å². The van der Waals surface area contributed by atoms with Crippen LogP contribution in [0.3, 0.4) is 0 Å². The summed E-state index contributed by atoms with van der Waals surface area (Å²) in [5, 5.41) is 7.11. The van der Waals surface area contributed by atoms with Crippen LogP contribution in [0.15, 0.2) is 12.3 Å². The van der Waals surface area contributed by atoms with Crippen molar-refractivity contribution < 1.29 is 9.59 Å². The first-order valence-corrected chi connectivity index (χ1v) is 10.2. The summed E-state index contributed by atoms with van der Waals surface area (Å²) in [6, 6.07) is 1.93. The zero-order valence-electron chi connectivity index (χ0n) is 17.0. The molecule has 1 saturated heterocycles. The molecule has 0 aromatic carbocycles. The first-order chi connectivity index (χ1) is 14.1. The lowest BCUT2D eigenvalue weighted by atomic mass is 10.0. The van der Waals surface area contributed by atoms with Gasteiger partial charge in [0, 0.05) is 70.6 Å². The number of anilines is 1. The van der Waals surface area contributed by atoms with Crippen LogP contribution < -0.4 is 5.32 Å². The fraction of sp³-hybridized carbons (Fsp3) is 0.550. The summed E-state index contributed by atoms with van der Waals surface area (Å²) in [6.45, 7) is 2.52. The second-order valence-corrected chi connectivity index (χ2v) is 7.58. The Morgan fingerprint density at radius 2 is 1.93 bits per heavy atom. The monoisotopic (exact) mass is 397 g/mol. The van der Waals surface area contributed by atoms with Gasteiger partial charge < -0.3 is 15.1 Å². The minimum absolute atomic E-state index is 0.0539. The largest absolute Gasteiger partial charge is 0.357 e. The summed E-state index contributed by atoms with van der Waals surface area (Å²) >= 11 is 0. The van der Waals surface area contributed by atoms with Crippen LogP contribution in [0.4, 0.5) is 5.95 Å². The predicted octanol–water partition coefficient (Wildman–Crippen LogP) is 1.01. The highest BCUT2D eigenvalue weighted by atomic mass is 16.2. The SMILES string of the molecule is CNc1nc2c(c(C(=O)N3CCCC3)n1)CN(C(=O)CCc1ccnn1C)CC2. The first kappa shape index (κ1) is 19.4. The van der Waals surface area contributed by atoms with Crippen molar-refractivity contribution in [3.8, 4) is 0 Å². The summed E-state index contributed by atoms with van der Waals surface area (Å²) in [5.74, 6) is 0.484. The number of fused-ring (bicyclic) bond motifs is 1. The minimum Gasteiger partial charge on any atom is -0.357 e. The van der Waals surface area contributed by atoms with Crippen LogP contribution in [0.1, 0.15) is 46.7 Å². The fourth-order valence-corrected chi connectivity index (χ4v) is 4.03. The van der Waals surface area contributed by atoms with Gasteiger partial charge in [0.05, 0.1) is 5.69 Å².